The van der Waals surface area contributed by atoms with Gasteiger partial charge in [-0.1, -0.05) is 0 Å². The molecule has 6 heteroatoms. The Hall–Kier alpha value is -1.07. The second kappa shape index (κ2) is 3.36. The van der Waals surface area contributed by atoms with Crippen LogP contribution >= 0.6 is 0 Å². The van der Waals surface area contributed by atoms with Crippen LogP contribution in [0.2, 0.25) is 0 Å². The maximum Gasteiger partial charge on any atom is 0.450 e. The van der Waals surface area contributed by atoms with Crippen molar-refractivity contribution in [1.82, 2.24) is 0 Å². The van der Waals surface area contributed by atoms with Crippen molar-refractivity contribution in [1.29, 1.82) is 0 Å². The highest BCUT2D eigenvalue weighted by Gasteiger charge is 2.39. The topological polar surface area (TPSA) is 43.4 Å². The summed E-state index contributed by atoms with van der Waals surface area (Å²) in [4.78, 5) is 20.1. The van der Waals surface area contributed by atoms with Gasteiger partial charge in [0.15, 0.2) is 0 Å². The number of rotatable bonds is 2. The van der Waals surface area contributed by atoms with Crippen molar-refractivity contribution in [2.24, 2.45) is 0 Å². The van der Waals surface area contributed by atoms with Crippen LogP contribution in [-0.4, -0.2) is 25.0 Å². The van der Waals surface area contributed by atoms with Crippen LogP contribution in [0.3, 0.4) is 0 Å². The molecule has 0 radical (unpaired) electrons. The third-order valence-corrected chi connectivity index (χ3v) is 0.849. The Balaban J connectivity index is 3.99. The van der Waals surface area contributed by atoms with Crippen LogP contribution in [0.4, 0.5) is 13.2 Å². The Labute approximate surface area is 60.1 Å². The van der Waals surface area contributed by atoms with Gasteiger partial charge in [0.25, 0.3) is 0 Å². The van der Waals surface area contributed by atoms with E-state index in [-0.39, 0.29) is 0 Å². The molecule has 0 rings (SSSR count). The Morgan fingerprint density at radius 2 is 1.82 bits per heavy atom. The van der Waals surface area contributed by atoms with E-state index in [9.17, 15) is 22.8 Å². The maximum atomic E-state index is 11.4. The zero-order valence-corrected chi connectivity index (χ0v) is 5.57. The first kappa shape index (κ1) is 9.93. The molecule has 0 aliphatic rings. The van der Waals surface area contributed by atoms with Crippen molar-refractivity contribution in [3.8, 4) is 0 Å². The lowest BCUT2D eigenvalue weighted by atomic mass is 10.3. The van der Waals surface area contributed by atoms with Gasteiger partial charge in [0, 0.05) is 0 Å². The summed E-state index contributed by atoms with van der Waals surface area (Å²) in [5, 5.41) is 0. The summed E-state index contributed by atoms with van der Waals surface area (Å²) >= 11 is 0. The van der Waals surface area contributed by atoms with Crippen molar-refractivity contribution < 1.29 is 27.5 Å². The smallest absolute Gasteiger partial charge is 0.450 e. The minimum Gasteiger partial charge on any atom is -0.469 e. The van der Waals surface area contributed by atoms with Gasteiger partial charge in [0.2, 0.25) is 5.78 Å². The van der Waals surface area contributed by atoms with Crippen LogP contribution < -0.4 is 0 Å². The molecule has 0 heterocycles. The van der Waals surface area contributed by atoms with Crippen LogP contribution in [0.5, 0.6) is 0 Å². The molecule has 0 saturated carbocycles. The fraction of sp³-hybridized carbons (Fsp3) is 0.600. The Bertz CT molecular complexity index is 172. The van der Waals surface area contributed by atoms with Gasteiger partial charge < -0.3 is 4.74 Å². The highest BCUT2D eigenvalue weighted by Crippen LogP contribution is 2.17. The molecule has 0 aliphatic heterocycles. The number of methoxy groups -OCH3 is 1. The fourth-order valence-corrected chi connectivity index (χ4v) is 0.303. The van der Waals surface area contributed by atoms with E-state index in [1.165, 1.54) is 0 Å². The fourth-order valence-electron chi connectivity index (χ4n) is 0.303. The predicted molar refractivity (Wildman–Crippen MR) is 27.7 cm³/mol. The summed E-state index contributed by atoms with van der Waals surface area (Å²) in [5.74, 6) is -3.28. The third-order valence-electron chi connectivity index (χ3n) is 0.849. The van der Waals surface area contributed by atoms with Crippen LogP contribution in [0.25, 0.3) is 0 Å². The monoisotopic (exact) mass is 170 g/mol. The molecule has 0 bridgehead atoms. The largest absolute Gasteiger partial charge is 0.469 e. The number of alkyl halides is 3. The molecule has 0 aromatic heterocycles. The third kappa shape index (κ3) is 3.59. The second-order valence-corrected chi connectivity index (χ2v) is 1.67. The van der Waals surface area contributed by atoms with Crippen molar-refractivity contribution in [3.05, 3.63) is 0 Å². The molecule has 0 N–H and O–H groups in total. The molecule has 0 unspecified atom stereocenters. The average Bonchev–Trinajstić information content (AvgIpc) is 1.85. The molecule has 0 fully saturated rings. The van der Waals surface area contributed by atoms with E-state index >= 15 is 0 Å². The van der Waals surface area contributed by atoms with Crippen molar-refractivity contribution >= 4 is 11.8 Å². The first-order chi connectivity index (χ1) is 4.88. The van der Waals surface area contributed by atoms with Gasteiger partial charge in [-0.25, -0.2) is 0 Å². The summed E-state index contributed by atoms with van der Waals surface area (Å²) < 4.78 is 38.0. The lowest BCUT2D eigenvalue weighted by molar-refractivity contribution is -0.174. The van der Waals surface area contributed by atoms with E-state index in [4.69, 9.17) is 0 Å². The van der Waals surface area contributed by atoms with Gasteiger partial charge in [-0.05, 0) is 0 Å². The van der Waals surface area contributed by atoms with Crippen molar-refractivity contribution in [2.45, 2.75) is 12.6 Å². The van der Waals surface area contributed by atoms with E-state index in [1.807, 2.05) is 0 Å². The van der Waals surface area contributed by atoms with Crippen molar-refractivity contribution in [2.75, 3.05) is 7.11 Å². The zero-order valence-electron chi connectivity index (χ0n) is 5.57. The quantitative estimate of drug-likeness (QED) is 0.452. The van der Waals surface area contributed by atoms with Crippen LogP contribution in [0.1, 0.15) is 6.42 Å². The first-order valence-electron chi connectivity index (χ1n) is 2.54. The predicted octanol–water partition coefficient (Wildman–Crippen LogP) is 0.681. The highest BCUT2D eigenvalue weighted by atomic mass is 19.4. The Morgan fingerprint density at radius 1 is 1.36 bits per heavy atom. The van der Waals surface area contributed by atoms with Crippen LogP contribution in [-0.2, 0) is 14.3 Å². The number of carbonyl (C=O) groups is 2. The molecular formula is C5H5F3O3. The molecule has 0 aliphatic carbocycles. The molecule has 11 heavy (non-hydrogen) atoms. The van der Waals surface area contributed by atoms with Gasteiger partial charge in [0.05, 0.1) is 7.11 Å². The first-order valence-corrected chi connectivity index (χ1v) is 2.54. The number of hydrogen-bond donors (Lipinski definition) is 0. The zero-order chi connectivity index (χ0) is 9.07. The van der Waals surface area contributed by atoms with Gasteiger partial charge in [0.1, 0.15) is 6.42 Å². The highest BCUT2D eigenvalue weighted by molar-refractivity contribution is 5.98. The standard InChI is InChI=1S/C5H5F3O3/c1-11-4(10)2-3(9)5(6,7)8/h2H2,1H3. The maximum absolute atomic E-state index is 11.4. The number of halogens is 3. The molecule has 0 spiro atoms. The number of ether oxygens (including phenoxy) is 1. The number of hydrogen-bond acceptors (Lipinski definition) is 3. The number of esters is 1. The molecule has 0 aromatic carbocycles. The number of carbonyl (C=O) groups excluding carboxylic acids is 2. The van der Waals surface area contributed by atoms with E-state index in [2.05, 4.69) is 4.74 Å². The van der Waals surface area contributed by atoms with E-state index in [1.54, 1.807) is 0 Å². The summed E-state index contributed by atoms with van der Waals surface area (Å²) in [6.07, 6.45) is -6.20. The van der Waals surface area contributed by atoms with E-state index < -0.39 is 24.3 Å². The van der Waals surface area contributed by atoms with Gasteiger partial charge in [-0.15, -0.1) is 0 Å². The molecular weight excluding hydrogens is 165 g/mol. The van der Waals surface area contributed by atoms with Gasteiger partial charge in [-0.3, -0.25) is 9.59 Å². The second-order valence-electron chi connectivity index (χ2n) is 1.67. The minimum atomic E-state index is -4.95. The molecule has 3 nitrogen and oxygen atoms in total. The van der Waals surface area contributed by atoms with Crippen LogP contribution in [0.15, 0.2) is 0 Å². The molecule has 0 saturated heterocycles. The van der Waals surface area contributed by atoms with Crippen LogP contribution in [0, 0.1) is 0 Å². The number of Topliss-reactive ketones (excluding diaryl/α,β-unsaturated/α-hetero) is 1. The molecule has 0 amide bonds. The van der Waals surface area contributed by atoms with Crippen molar-refractivity contribution in [3.63, 3.8) is 0 Å². The van der Waals surface area contributed by atoms with Gasteiger partial charge >= 0.3 is 12.1 Å². The lowest BCUT2D eigenvalue weighted by Crippen LogP contribution is -2.25. The number of ketones is 1. The average molecular weight is 170 g/mol. The summed E-state index contributed by atoms with van der Waals surface area (Å²) in [5.41, 5.74) is 0. The molecule has 0 atom stereocenters. The lowest BCUT2D eigenvalue weighted by Gasteiger charge is -2.02. The van der Waals surface area contributed by atoms with E-state index in [0.29, 0.717) is 0 Å². The Morgan fingerprint density at radius 3 is 2.09 bits per heavy atom. The molecule has 0 aromatic rings. The van der Waals surface area contributed by atoms with Gasteiger partial charge in [-0.2, -0.15) is 13.2 Å². The van der Waals surface area contributed by atoms with E-state index in [0.717, 1.165) is 7.11 Å². The summed E-state index contributed by atoms with van der Waals surface area (Å²) in [6.45, 7) is 0. The minimum absolute atomic E-state index is 0.909. The Kier molecular flexibility index (Phi) is 3.03. The summed E-state index contributed by atoms with van der Waals surface area (Å²) in [6, 6.07) is 0. The molecule has 64 valence electrons. The SMILES string of the molecule is COC(=O)CC(=O)C(F)(F)F. The summed E-state index contributed by atoms with van der Waals surface area (Å²) in [7, 11) is 0.909. The normalized spacial score (nSPS) is 10.9.